The quantitative estimate of drug-likeness (QED) is 0.565. The Morgan fingerprint density at radius 2 is 1.75 bits per heavy atom. The van der Waals surface area contributed by atoms with Crippen LogP contribution in [0.2, 0.25) is 0 Å². The number of nitrogens with one attached hydrogen (secondary N) is 1. The van der Waals surface area contributed by atoms with E-state index in [1.807, 2.05) is 73.0 Å². The molecule has 5 nitrogen and oxygen atoms in total. The Kier molecular flexibility index (Phi) is 4.89. The largest absolute Gasteiger partial charge is 0.321 e. The van der Waals surface area contributed by atoms with E-state index in [4.69, 9.17) is 0 Å². The number of aryl methyl sites for hydroxylation is 2. The zero-order valence-electron chi connectivity index (χ0n) is 16.0. The number of amides is 1. The highest BCUT2D eigenvalue weighted by Crippen LogP contribution is 2.19. The minimum Gasteiger partial charge on any atom is -0.321 e. The summed E-state index contributed by atoms with van der Waals surface area (Å²) in [6.45, 7) is 4.02. The summed E-state index contributed by atoms with van der Waals surface area (Å²) < 4.78 is 1.88. The van der Waals surface area contributed by atoms with Crippen LogP contribution in [0.3, 0.4) is 0 Å². The number of hydrogen-bond acceptors (Lipinski definition) is 3. The Morgan fingerprint density at radius 3 is 2.46 bits per heavy atom. The van der Waals surface area contributed by atoms with Crippen LogP contribution in [0.15, 0.2) is 67.1 Å². The average molecular weight is 370 g/mol. The lowest BCUT2D eigenvalue weighted by Gasteiger charge is -2.08. The molecule has 1 aromatic carbocycles. The van der Waals surface area contributed by atoms with E-state index in [1.165, 1.54) is 11.1 Å². The van der Waals surface area contributed by atoms with Gasteiger partial charge < -0.3 is 5.32 Å². The summed E-state index contributed by atoms with van der Waals surface area (Å²) in [6.07, 6.45) is 7.03. The summed E-state index contributed by atoms with van der Waals surface area (Å²) in [5.74, 6) is -0.142. The van der Waals surface area contributed by atoms with Crippen LogP contribution >= 0.6 is 0 Å². The van der Waals surface area contributed by atoms with E-state index < -0.39 is 0 Å². The maximum atomic E-state index is 13.0. The highest BCUT2D eigenvalue weighted by Gasteiger charge is 2.19. The summed E-state index contributed by atoms with van der Waals surface area (Å²) in [7, 11) is 0. The molecule has 0 aliphatic rings. The van der Waals surface area contributed by atoms with Crippen LogP contribution in [0.4, 0.5) is 5.69 Å². The molecule has 0 aliphatic carbocycles. The molecule has 0 saturated heterocycles. The lowest BCUT2D eigenvalue weighted by Crippen LogP contribution is -2.16. The highest BCUT2D eigenvalue weighted by atomic mass is 16.2. The van der Waals surface area contributed by atoms with Crippen molar-refractivity contribution in [1.82, 2.24) is 14.4 Å². The number of pyridine rings is 2. The molecule has 0 radical (unpaired) electrons. The summed E-state index contributed by atoms with van der Waals surface area (Å²) in [5.41, 5.74) is 6.45. The van der Waals surface area contributed by atoms with Crippen molar-refractivity contribution in [2.24, 2.45) is 0 Å². The SMILES string of the molecule is CCc1nc2c(C)cccn2c1C(=O)Nc1ccc(Cc2ccncc2)cc1. The van der Waals surface area contributed by atoms with Gasteiger partial charge in [-0.1, -0.05) is 25.1 Å². The summed E-state index contributed by atoms with van der Waals surface area (Å²) >= 11 is 0. The normalized spacial score (nSPS) is 10.9. The number of fused-ring (bicyclic) bond motifs is 1. The van der Waals surface area contributed by atoms with Gasteiger partial charge in [0, 0.05) is 24.3 Å². The van der Waals surface area contributed by atoms with Gasteiger partial charge in [-0.3, -0.25) is 14.2 Å². The van der Waals surface area contributed by atoms with Crippen molar-refractivity contribution in [2.75, 3.05) is 5.32 Å². The molecule has 1 amide bonds. The highest BCUT2D eigenvalue weighted by molar-refractivity contribution is 6.04. The first-order chi connectivity index (χ1) is 13.7. The number of imidazole rings is 1. The molecule has 0 aliphatic heterocycles. The Hall–Kier alpha value is -3.47. The lowest BCUT2D eigenvalue weighted by atomic mass is 10.1. The predicted molar refractivity (Wildman–Crippen MR) is 111 cm³/mol. The van der Waals surface area contributed by atoms with Crippen molar-refractivity contribution in [3.63, 3.8) is 0 Å². The van der Waals surface area contributed by atoms with Crippen molar-refractivity contribution in [1.29, 1.82) is 0 Å². The Bertz CT molecular complexity index is 1110. The average Bonchev–Trinajstić information content (AvgIpc) is 3.10. The van der Waals surface area contributed by atoms with Crippen molar-refractivity contribution in [2.45, 2.75) is 26.7 Å². The van der Waals surface area contributed by atoms with E-state index in [2.05, 4.69) is 15.3 Å². The monoisotopic (exact) mass is 370 g/mol. The second-order valence-corrected chi connectivity index (χ2v) is 6.83. The van der Waals surface area contributed by atoms with E-state index in [1.54, 1.807) is 12.4 Å². The number of carbonyl (C=O) groups is 1. The molecule has 28 heavy (non-hydrogen) atoms. The minimum atomic E-state index is -0.142. The first-order valence-electron chi connectivity index (χ1n) is 9.41. The van der Waals surface area contributed by atoms with Gasteiger partial charge in [0.1, 0.15) is 11.3 Å². The Balaban J connectivity index is 1.56. The van der Waals surface area contributed by atoms with Crippen LogP contribution in [-0.4, -0.2) is 20.3 Å². The fourth-order valence-electron chi connectivity index (χ4n) is 3.37. The van der Waals surface area contributed by atoms with Crippen LogP contribution in [0.25, 0.3) is 5.65 Å². The fourth-order valence-corrected chi connectivity index (χ4v) is 3.37. The number of rotatable bonds is 5. The Morgan fingerprint density at radius 1 is 1.04 bits per heavy atom. The molecule has 0 unspecified atom stereocenters. The van der Waals surface area contributed by atoms with Gasteiger partial charge in [0.15, 0.2) is 0 Å². The molecule has 0 spiro atoms. The molecule has 0 fully saturated rings. The zero-order valence-corrected chi connectivity index (χ0v) is 16.0. The first kappa shape index (κ1) is 17.9. The number of nitrogens with zero attached hydrogens (tertiary/aromatic N) is 3. The first-order valence-corrected chi connectivity index (χ1v) is 9.41. The van der Waals surface area contributed by atoms with Gasteiger partial charge in [0.05, 0.1) is 5.69 Å². The molecule has 0 atom stereocenters. The van der Waals surface area contributed by atoms with Gasteiger partial charge in [-0.05, 0) is 66.8 Å². The molecule has 3 heterocycles. The van der Waals surface area contributed by atoms with E-state index in [9.17, 15) is 4.79 Å². The third kappa shape index (κ3) is 3.51. The fraction of sp³-hybridized carbons (Fsp3) is 0.174. The lowest BCUT2D eigenvalue weighted by molar-refractivity contribution is 0.102. The summed E-state index contributed by atoms with van der Waals surface area (Å²) in [6, 6.07) is 15.9. The van der Waals surface area contributed by atoms with Crippen molar-refractivity contribution in [3.8, 4) is 0 Å². The van der Waals surface area contributed by atoms with Gasteiger partial charge in [0.25, 0.3) is 5.91 Å². The molecule has 5 heteroatoms. The van der Waals surface area contributed by atoms with Crippen LogP contribution < -0.4 is 5.32 Å². The molecule has 3 aromatic heterocycles. The number of carbonyl (C=O) groups excluding carboxylic acids is 1. The molecular weight excluding hydrogens is 348 g/mol. The van der Waals surface area contributed by atoms with E-state index in [0.717, 1.165) is 29.0 Å². The third-order valence-corrected chi connectivity index (χ3v) is 4.84. The van der Waals surface area contributed by atoms with Crippen molar-refractivity contribution in [3.05, 3.63) is 95.2 Å². The molecule has 4 rings (SSSR count). The molecule has 0 saturated carbocycles. The third-order valence-electron chi connectivity index (χ3n) is 4.84. The van der Waals surface area contributed by atoms with Crippen LogP contribution in [0, 0.1) is 6.92 Å². The van der Waals surface area contributed by atoms with Gasteiger partial charge in [0.2, 0.25) is 0 Å². The second-order valence-electron chi connectivity index (χ2n) is 6.83. The maximum Gasteiger partial charge on any atom is 0.274 e. The zero-order chi connectivity index (χ0) is 19.5. The van der Waals surface area contributed by atoms with Crippen LogP contribution in [0.1, 0.15) is 39.8 Å². The standard InChI is InChI=1S/C23H22N4O/c1-3-20-21(27-14-4-5-16(2)22(27)26-20)23(28)25-19-8-6-17(7-9-19)15-18-10-12-24-13-11-18/h4-14H,3,15H2,1-2H3,(H,25,28). The van der Waals surface area contributed by atoms with E-state index in [-0.39, 0.29) is 5.91 Å². The molecular formula is C23H22N4O. The molecule has 0 bridgehead atoms. The smallest absolute Gasteiger partial charge is 0.274 e. The molecule has 1 N–H and O–H groups in total. The van der Waals surface area contributed by atoms with Crippen LogP contribution in [-0.2, 0) is 12.8 Å². The van der Waals surface area contributed by atoms with E-state index >= 15 is 0 Å². The van der Waals surface area contributed by atoms with Crippen LogP contribution in [0.5, 0.6) is 0 Å². The van der Waals surface area contributed by atoms with Gasteiger partial charge in [-0.25, -0.2) is 4.98 Å². The summed E-state index contributed by atoms with van der Waals surface area (Å²) in [5, 5.41) is 3.01. The minimum absolute atomic E-state index is 0.142. The van der Waals surface area contributed by atoms with Crippen molar-refractivity contribution < 1.29 is 4.79 Å². The Labute approximate surface area is 164 Å². The topological polar surface area (TPSA) is 59.3 Å². The number of hydrogen-bond donors (Lipinski definition) is 1. The predicted octanol–water partition coefficient (Wildman–Crippen LogP) is 4.44. The number of anilines is 1. The second kappa shape index (κ2) is 7.64. The molecule has 140 valence electrons. The van der Waals surface area contributed by atoms with Gasteiger partial charge in [-0.2, -0.15) is 0 Å². The maximum absolute atomic E-state index is 13.0. The number of benzene rings is 1. The molecule has 4 aromatic rings. The van der Waals surface area contributed by atoms with Gasteiger partial charge >= 0.3 is 0 Å². The summed E-state index contributed by atoms with van der Waals surface area (Å²) in [4.78, 5) is 21.7. The van der Waals surface area contributed by atoms with Crippen molar-refractivity contribution >= 4 is 17.2 Å². The van der Waals surface area contributed by atoms with E-state index in [0.29, 0.717) is 12.1 Å². The number of aromatic nitrogens is 3. The van der Waals surface area contributed by atoms with Gasteiger partial charge in [-0.15, -0.1) is 0 Å².